The molecule has 0 rings (SSSR count). The third kappa shape index (κ3) is 36.6. The Morgan fingerprint density at radius 3 is 1.54 bits per heavy atom. The maximum atomic E-state index is 12.4. The molecular formula is C38H77N2O9P. The molecule has 12 heteroatoms. The molecule has 2 atom stereocenters. The van der Waals surface area contributed by atoms with Crippen molar-refractivity contribution >= 4 is 19.9 Å². The van der Waals surface area contributed by atoms with Crippen molar-refractivity contribution in [1.82, 2.24) is 5.32 Å². The summed E-state index contributed by atoms with van der Waals surface area (Å²) in [5.74, 6) is -0.424. The Labute approximate surface area is 306 Å². The number of phosphoric ester groups is 1. The average molecular weight is 737 g/mol. The minimum atomic E-state index is -4.65. The molecule has 0 saturated heterocycles. The molecule has 0 aliphatic heterocycles. The number of carbonyl (C=O) groups excluding carboxylic acids is 2. The van der Waals surface area contributed by atoms with Crippen molar-refractivity contribution in [2.75, 3.05) is 54.1 Å². The molecule has 50 heavy (non-hydrogen) atoms. The van der Waals surface area contributed by atoms with Crippen LogP contribution in [0.5, 0.6) is 0 Å². The van der Waals surface area contributed by atoms with E-state index in [1.165, 1.54) is 116 Å². The summed E-state index contributed by atoms with van der Waals surface area (Å²) in [6.45, 7) is 4.44. The van der Waals surface area contributed by atoms with Crippen molar-refractivity contribution in [1.29, 1.82) is 0 Å². The third-order valence-electron chi connectivity index (χ3n) is 8.65. The van der Waals surface area contributed by atoms with E-state index in [2.05, 4.69) is 19.2 Å². The van der Waals surface area contributed by atoms with Gasteiger partial charge in [0.05, 0.1) is 27.7 Å². The second-order valence-electron chi connectivity index (χ2n) is 14.8. The first kappa shape index (κ1) is 48.8. The van der Waals surface area contributed by atoms with E-state index in [1.807, 2.05) is 21.1 Å². The van der Waals surface area contributed by atoms with E-state index in [4.69, 9.17) is 23.6 Å². The summed E-state index contributed by atoms with van der Waals surface area (Å²) in [5.41, 5.74) is 0. The van der Waals surface area contributed by atoms with E-state index in [1.54, 1.807) is 0 Å². The molecule has 1 amide bonds. The molecule has 0 aromatic heterocycles. The van der Waals surface area contributed by atoms with Gasteiger partial charge in [-0.05, 0) is 12.8 Å². The van der Waals surface area contributed by atoms with E-state index in [0.29, 0.717) is 24.0 Å². The number of unbranched alkanes of at least 4 members (excludes halogenated alkanes) is 22. The van der Waals surface area contributed by atoms with Crippen LogP contribution in [0, 0.1) is 0 Å². The average Bonchev–Trinajstić information content (AvgIpc) is 3.06. The van der Waals surface area contributed by atoms with Gasteiger partial charge in [-0.25, -0.2) is 4.79 Å². The standard InChI is InChI=1S/C38H77N2O9P/c1-6-8-10-12-14-16-18-19-20-22-24-26-28-30-37(41)45-34-36(35-47-50(43,44)46-33-32-40(3,4)5)48-49-38(42)39-31-29-27-25-23-21-17-15-13-11-9-7-2/h36H,6-35H2,1-5H3,(H-,39,42,43,44)/t36-/m1/s1. The molecule has 298 valence electrons. The minimum absolute atomic E-state index is 0.0537. The zero-order valence-electron chi connectivity index (χ0n) is 32.9. The molecule has 0 saturated carbocycles. The predicted molar refractivity (Wildman–Crippen MR) is 199 cm³/mol. The first-order chi connectivity index (χ1) is 24.0. The van der Waals surface area contributed by atoms with Gasteiger partial charge in [0.2, 0.25) is 0 Å². The largest absolute Gasteiger partial charge is 0.756 e. The minimum Gasteiger partial charge on any atom is -0.756 e. The Morgan fingerprint density at radius 1 is 0.640 bits per heavy atom. The number of nitrogens with one attached hydrogen (secondary N) is 1. The summed E-state index contributed by atoms with van der Waals surface area (Å²) in [4.78, 5) is 46.9. The van der Waals surface area contributed by atoms with Crippen LogP contribution in [0.25, 0.3) is 0 Å². The summed E-state index contributed by atoms with van der Waals surface area (Å²) >= 11 is 0. The Morgan fingerprint density at radius 2 is 1.08 bits per heavy atom. The van der Waals surface area contributed by atoms with E-state index in [9.17, 15) is 19.0 Å². The fourth-order valence-corrected chi connectivity index (χ4v) is 6.14. The highest BCUT2D eigenvalue weighted by Gasteiger charge is 2.21. The molecule has 0 aliphatic carbocycles. The highest BCUT2D eigenvalue weighted by atomic mass is 31.2. The number of rotatable bonds is 37. The lowest BCUT2D eigenvalue weighted by molar-refractivity contribution is -0.870. The van der Waals surface area contributed by atoms with Gasteiger partial charge in [0.1, 0.15) is 19.8 Å². The normalized spacial score (nSPS) is 13.6. The molecule has 0 radical (unpaired) electrons. The molecular weight excluding hydrogens is 659 g/mol. The quantitative estimate of drug-likeness (QED) is 0.0165. The smallest absolute Gasteiger partial charge is 0.438 e. The van der Waals surface area contributed by atoms with Crippen LogP contribution in [0.2, 0.25) is 0 Å². The maximum Gasteiger partial charge on any atom is 0.438 e. The van der Waals surface area contributed by atoms with Gasteiger partial charge >= 0.3 is 12.1 Å². The number of ether oxygens (including phenoxy) is 1. The van der Waals surface area contributed by atoms with Crippen LogP contribution in [0.4, 0.5) is 4.79 Å². The molecule has 0 aliphatic rings. The van der Waals surface area contributed by atoms with Crippen molar-refractivity contribution in [2.45, 2.75) is 180 Å². The Balaban J connectivity index is 4.36. The number of nitrogens with zero attached hydrogens (tertiary/aromatic N) is 1. The SMILES string of the molecule is CCCCCCCCCCCCCCCC(=O)OC[C@H](COP(=O)([O-])OCC[N+](C)(C)C)OOC(=O)NCCCCCCCCCCCCC. The lowest BCUT2D eigenvalue weighted by Gasteiger charge is -2.28. The number of esters is 1. The van der Waals surface area contributed by atoms with Crippen molar-refractivity contribution < 1.29 is 47.1 Å². The molecule has 0 aromatic rings. The van der Waals surface area contributed by atoms with Crippen molar-refractivity contribution in [3.05, 3.63) is 0 Å². The highest BCUT2D eigenvalue weighted by molar-refractivity contribution is 7.45. The van der Waals surface area contributed by atoms with Gasteiger partial charge in [-0.3, -0.25) is 14.2 Å². The van der Waals surface area contributed by atoms with Crippen LogP contribution in [-0.2, 0) is 32.9 Å². The summed E-state index contributed by atoms with van der Waals surface area (Å²) in [7, 11) is 1.09. The number of likely N-dealkylation sites (N-methyl/N-ethyl adjacent to an activating group) is 1. The molecule has 1 unspecified atom stereocenters. The van der Waals surface area contributed by atoms with Crippen LogP contribution < -0.4 is 10.2 Å². The first-order valence-electron chi connectivity index (χ1n) is 20.2. The zero-order valence-corrected chi connectivity index (χ0v) is 33.8. The number of phosphoric acid groups is 1. The van der Waals surface area contributed by atoms with Gasteiger partial charge in [0.25, 0.3) is 7.82 Å². The third-order valence-corrected chi connectivity index (χ3v) is 9.62. The number of hydrogen-bond donors (Lipinski definition) is 1. The first-order valence-corrected chi connectivity index (χ1v) is 21.6. The fraction of sp³-hybridized carbons (Fsp3) is 0.947. The predicted octanol–water partition coefficient (Wildman–Crippen LogP) is 9.56. The van der Waals surface area contributed by atoms with Crippen LogP contribution in [0.15, 0.2) is 0 Å². The summed E-state index contributed by atoms with van der Waals surface area (Å²) in [5, 5.41) is 2.64. The fourth-order valence-electron chi connectivity index (χ4n) is 5.41. The summed E-state index contributed by atoms with van der Waals surface area (Å²) < 4.78 is 28.0. The van der Waals surface area contributed by atoms with Crippen molar-refractivity contribution in [3.63, 3.8) is 0 Å². The van der Waals surface area contributed by atoms with Gasteiger partial charge in [0.15, 0.2) is 6.10 Å². The lowest BCUT2D eigenvalue weighted by Crippen LogP contribution is -2.37. The van der Waals surface area contributed by atoms with Gasteiger partial charge in [-0.15, -0.1) is 0 Å². The van der Waals surface area contributed by atoms with Crippen LogP contribution in [-0.4, -0.2) is 76.7 Å². The number of amides is 1. The van der Waals surface area contributed by atoms with E-state index >= 15 is 0 Å². The topological polar surface area (TPSA) is 132 Å². The number of carbonyl (C=O) groups is 2. The Kier molecular flexibility index (Phi) is 32.8. The van der Waals surface area contributed by atoms with E-state index in [0.717, 1.165) is 32.1 Å². The molecule has 0 bridgehead atoms. The van der Waals surface area contributed by atoms with Crippen molar-refractivity contribution in [3.8, 4) is 0 Å². The van der Waals surface area contributed by atoms with Gasteiger partial charge in [0, 0.05) is 13.0 Å². The number of quaternary nitrogens is 1. The van der Waals surface area contributed by atoms with Gasteiger partial charge in [-0.2, -0.15) is 4.89 Å². The second-order valence-corrected chi connectivity index (χ2v) is 16.2. The summed E-state index contributed by atoms with van der Waals surface area (Å²) in [6, 6.07) is 0. The molecule has 1 N–H and O–H groups in total. The van der Waals surface area contributed by atoms with E-state index in [-0.39, 0.29) is 19.6 Å². The van der Waals surface area contributed by atoms with E-state index < -0.39 is 32.6 Å². The van der Waals surface area contributed by atoms with Crippen LogP contribution >= 0.6 is 7.82 Å². The molecule has 0 aromatic carbocycles. The monoisotopic (exact) mass is 737 g/mol. The summed E-state index contributed by atoms with van der Waals surface area (Å²) in [6.07, 6.45) is 27.3. The molecule has 0 heterocycles. The van der Waals surface area contributed by atoms with Crippen LogP contribution in [0.3, 0.4) is 0 Å². The Hall–Kier alpha value is -1.23. The molecule has 11 nitrogen and oxygen atoms in total. The van der Waals surface area contributed by atoms with Crippen molar-refractivity contribution in [2.24, 2.45) is 0 Å². The molecule has 0 spiro atoms. The van der Waals surface area contributed by atoms with Gasteiger partial charge in [-0.1, -0.05) is 155 Å². The lowest BCUT2D eigenvalue weighted by atomic mass is 10.0. The van der Waals surface area contributed by atoms with Gasteiger partial charge < -0.3 is 28.5 Å². The second kappa shape index (κ2) is 33.6. The zero-order chi connectivity index (χ0) is 37.2. The maximum absolute atomic E-state index is 12.4. The molecule has 0 fully saturated rings. The highest BCUT2D eigenvalue weighted by Crippen LogP contribution is 2.38. The Bertz CT molecular complexity index is 842. The van der Waals surface area contributed by atoms with Crippen LogP contribution in [0.1, 0.15) is 174 Å². The number of hydrogen-bond acceptors (Lipinski definition) is 9.